The fourth-order valence-electron chi connectivity index (χ4n) is 2.35. The van der Waals surface area contributed by atoms with Crippen molar-refractivity contribution in [2.75, 3.05) is 0 Å². The minimum atomic E-state index is 0.301. The molecule has 0 N–H and O–H groups in total. The second-order valence-electron chi connectivity index (χ2n) is 5.23. The Morgan fingerprint density at radius 3 is 2.00 bits per heavy atom. The Hall–Kier alpha value is 0. The van der Waals surface area contributed by atoms with Gasteiger partial charge >= 0.3 is 0 Å². The van der Waals surface area contributed by atoms with Crippen molar-refractivity contribution < 1.29 is 0 Å². The average molecular weight is 167 g/mol. The topological polar surface area (TPSA) is 0 Å². The molecule has 1 fully saturated rings. The number of hydrogen-bond acceptors (Lipinski definition) is 0. The van der Waals surface area contributed by atoms with Crippen LogP contribution in [0.1, 0.15) is 58.8 Å². The Morgan fingerprint density at radius 2 is 1.58 bits per heavy atom. The molecular weight excluding hydrogens is 144 g/mol. The maximum absolute atomic E-state index is 4.20. The van der Waals surface area contributed by atoms with Gasteiger partial charge in [0.05, 0.1) is 0 Å². The zero-order valence-electron chi connectivity index (χ0n) is 8.73. The lowest BCUT2D eigenvalue weighted by molar-refractivity contribution is 0.303. The SMILES string of the molecule is [CH2]C(C)(C)CC1CCCCCC1. The van der Waals surface area contributed by atoms with Crippen molar-refractivity contribution in [1.29, 1.82) is 0 Å². The highest BCUT2D eigenvalue weighted by Crippen LogP contribution is 2.32. The monoisotopic (exact) mass is 167 g/mol. The van der Waals surface area contributed by atoms with Crippen molar-refractivity contribution in [3.8, 4) is 0 Å². The molecule has 1 aliphatic carbocycles. The predicted molar refractivity (Wildman–Crippen MR) is 54.9 cm³/mol. The van der Waals surface area contributed by atoms with E-state index < -0.39 is 0 Å². The van der Waals surface area contributed by atoms with Crippen LogP contribution < -0.4 is 0 Å². The second-order valence-corrected chi connectivity index (χ2v) is 5.23. The van der Waals surface area contributed by atoms with Crippen LogP contribution in [0, 0.1) is 18.3 Å². The molecule has 0 amide bonds. The summed E-state index contributed by atoms with van der Waals surface area (Å²) < 4.78 is 0. The van der Waals surface area contributed by atoms with Gasteiger partial charge in [0, 0.05) is 0 Å². The molecule has 0 bridgehead atoms. The lowest BCUT2D eigenvalue weighted by atomic mass is 9.81. The molecule has 1 aliphatic rings. The number of hydrogen-bond donors (Lipinski definition) is 0. The Labute approximate surface area is 77.7 Å². The highest BCUT2D eigenvalue weighted by atomic mass is 14.2. The predicted octanol–water partition coefficient (Wildman–Crippen LogP) is 4.21. The van der Waals surface area contributed by atoms with Gasteiger partial charge in [-0.2, -0.15) is 0 Å². The molecule has 71 valence electrons. The van der Waals surface area contributed by atoms with Gasteiger partial charge in [-0.3, -0.25) is 0 Å². The highest BCUT2D eigenvalue weighted by molar-refractivity contribution is 4.76. The Balaban J connectivity index is 2.30. The van der Waals surface area contributed by atoms with Crippen LogP contribution in [0.3, 0.4) is 0 Å². The third kappa shape index (κ3) is 4.13. The van der Waals surface area contributed by atoms with E-state index in [1.807, 2.05) is 0 Å². The second kappa shape index (κ2) is 4.30. The first-order chi connectivity index (χ1) is 5.58. The van der Waals surface area contributed by atoms with E-state index in [0.29, 0.717) is 5.41 Å². The fraction of sp³-hybridized carbons (Fsp3) is 0.917. The summed E-state index contributed by atoms with van der Waals surface area (Å²) in [5.74, 6) is 0.972. The molecule has 0 heteroatoms. The van der Waals surface area contributed by atoms with Gasteiger partial charge in [-0.25, -0.2) is 0 Å². The molecule has 0 atom stereocenters. The lowest BCUT2D eigenvalue weighted by Crippen LogP contribution is -2.13. The van der Waals surface area contributed by atoms with E-state index >= 15 is 0 Å². The van der Waals surface area contributed by atoms with Gasteiger partial charge in [0.25, 0.3) is 0 Å². The molecule has 0 heterocycles. The van der Waals surface area contributed by atoms with Gasteiger partial charge in [-0.05, 0) is 24.7 Å². The summed E-state index contributed by atoms with van der Waals surface area (Å²) in [5, 5.41) is 0. The Morgan fingerprint density at radius 1 is 1.08 bits per heavy atom. The minimum Gasteiger partial charge on any atom is -0.0599 e. The molecular formula is C12H23. The molecule has 0 spiro atoms. The van der Waals surface area contributed by atoms with Crippen LogP contribution in [-0.4, -0.2) is 0 Å². The molecule has 0 aromatic carbocycles. The van der Waals surface area contributed by atoms with E-state index in [1.165, 1.54) is 44.9 Å². The third-order valence-corrected chi connectivity index (χ3v) is 2.82. The Bertz CT molecular complexity index is 110. The first-order valence-corrected chi connectivity index (χ1v) is 5.43. The number of rotatable bonds is 2. The van der Waals surface area contributed by atoms with Gasteiger partial charge in [0.15, 0.2) is 0 Å². The maximum Gasteiger partial charge on any atom is -0.0351 e. The third-order valence-electron chi connectivity index (χ3n) is 2.82. The molecule has 1 saturated carbocycles. The zero-order valence-corrected chi connectivity index (χ0v) is 8.73. The average Bonchev–Trinajstić information content (AvgIpc) is 2.12. The molecule has 0 aliphatic heterocycles. The van der Waals surface area contributed by atoms with Gasteiger partial charge in [-0.15, -0.1) is 0 Å². The highest BCUT2D eigenvalue weighted by Gasteiger charge is 2.19. The summed E-state index contributed by atoms with van der Waals surface area (Å²) in [6.07, 6.45) is 10.1. The summed E-state index contributed by atoms with van der Waals surface area (Å²) in [5.41, 5.74) is 0.301. The van der Waals surface area contributed by atoms with Gasteiger partial charge in [0.1, 0.15) is 0 Å². The first-order valence-electron chi connectivity index (χ1n) is 5.43. The van der Waals surface area contributed by atoms with Crippen LogP contribution in [0.25, 0.3) is 0 Å². The quantitative estimate of drug-likeness (QED) is 0.540. The summed E-state index contributed by atoms with van der Waals surface area (Å²) in [6.45, 7) is 8.72. The van der Waals surface area contributed by atoms with Crippen LogP contribution in [0.5, 0.6) is 0 Å². The lowest BCUT2D eigenvalue weighted by Gasteiger charge is -2.24. The van der Waals surface area contributed by atoms with E-state index in [1.54, 1.807) is 0 Å². The van der Waals surface area contributed by atoms with Gasteiger partial charge < -0.3 is 0 Å². The van der Waals surface area contributed by atoms with Crippen molar-refractivity contribution in [1.82, 2.24) is 0 Å². The maximum atomic E-state index is 4.20. The van der Waals surface area contributed by atoms with Crippen LogP contribution in [-0.2, 0) is 0 Å². The molecule has 1 rings (SSSR count). The van der Waals surface area contributed by atoms with Crippen LogP contribution >= 0.6 is 0 Å². The van der Waals surface area contributed by atoms with Crippen molar-refractivity contribution in [2.45, 2.75) is 58.8 Å². The molecule has 0 aromatic heterocycles. The molecule has 0 nitrogen and oxygen atoms in total. The van der Waals surface area contributed by atoms with E-state index in [4.69, 9.17) is 0 Å². The molecule has 12 heavy (non-hydrogen) atoms. The normalized spacial score (nSPS) is 22.2. The van der Waals surface area contributed by atoms with Crippen LogP contribution in [0.2, 0.25) is 0 Å². The van der Waals surface area contributed by atoms with E-state index in [9.17, 15) is 0 Å². The summed E-state index contributed by atoms with van der Waals surface area (Å²) in [6, 6.07) is 0. The standard InChI is InChI=1S/C12H23/c1-12(2,3)10-11-8-6-4-5-7-9-11/h11H,1,4-10H2,2-3H3. The smallest absolute Gasteiger partial charge is 0.0351 e. The summed E-state index contributed by atoms with van der Waals surface area (Å²) in [7, 11) is 0. The van der Waals surface area contributed by atoms with Crippen molar-refractivity contribution >= 4 is 0 Å². The first kappa shape index (κ1) is 10.1. The molecule has 0 unspecified atom stereocenters. The van der Waals surface area contributed by atoms with E-state index in [2.05, 4.69) is 20.8 Å². The summed E-state index contributed by atoms with van der Waals surface area (Å²) in [4.78, 5) is 0. The van der Waals surface area contributed by atoms with Crippen molar-refractivity contribution in [3.63, 3.8) is 0 Å². The Kier molecular flexibility index (Phi) is 3.61. The van der Waals surface area contributed by atoms with Crippen LogP contribution in [0.4, 0.5) is 0 Å². The summed E-state index contributed by atoms with van der Waals surface area (Å²) >= 11 is 0. The molecule has 1 radical (unpaired) electrons. The molecule has 0 saturated heterocycles. The zero-order chi connectivity index (χ0) is 9.03. The van der Waals surface area contributed by atoms with Crippen molar-refractivity contribution in [3.05, 3.63) is 6.92 Å². The van der Waals surface area contributed by atoms with E-state index in [0.717, 1.165) is 5.92 Å². The largest absolute Gasteiger partial charge is 0.0599 e. The van der Waals surface area contributed by atoms with Gasteiger partial charge in [-0.1, -0.05) is 52.4 Å². The van der Waals surface area contributed by atoms with Crippen molar-refractivity contribution in [2.24, 2.45) is 11.3 Å². The van der Waals surface area contributed by atoms with Crippen LogP contribution in [0.15, 0.2) is 0 Å². The fourth-order valence-corrected chi connectivity index (χ4v) is 2.35. The van der Waals surface area contributed by atoms with Gasteiger partial charge in [0.2, 0.25) is 0 Å². The van der Waals surface area contributed by atoms with E-state index in [-0.39, 0.29) is 0 Å². The minimum absolute atomic E-state index is 0.301. The molecule has 0 aromatic rings.